The van der Waals surface area contributed by atoms with Crippen molar-refractivity contribution in [1.29, 1.82) is 0 Å². The SMILES string of the molecule is CCOC(=O)C(CCc1ccccc1)Oc1ccccc1. The first-order valence-corrected chi connectivity index (χ1v) is 7.22. The maximum atomic E-state index is 12.0. The Morgan fingerprint density at radius 3 is 2.24 bits per heavy atom. The highest BCUT2D eigenvalue weighted by Crippen LogP contribution is 2.15. The summed E-state index contributed by atoms with van der Waals surface area (Å²) < 4.78 is 10.9. The predicted octanol–water partition coefficient (Wildman–Crippen LogP) is 3.63. The molecule has 2 aromatic carbocycles. The zero-order valence-corrected chi connectivity index (χ0v) is 12.2. The van der Waals surface area contributed by atoms with Gasteiger partial charge in [-0.2, -0.15) is 0 Å². The van der Waals surface area contributed by atoms with Crippen LogP contribution in [0, 0.1) is 0 Å². The van der Waals surface area contributed by atoms with Crippen molar-refractivity contribution in [2.45, 2.75) is 25.9 Å². The lowest BCUT2D eigenvalue weighted by Crippen LogP contribution is -2.30. The third-order valence-corrected chi connectivity index (χ3v) is 3.11. The minimum atomic E-state index is -0.576. The molecule has 3 heteroatoms. The Morgan fingerprint density at radius 2 is 1.62 bits per heavy atom. The van der Waals surface area contributed by atoms with Crippen molar-refractivity contribution in [1.82, 2.24) is 0 Å². The van der Waals surface area contributed by atoms with E-state index in [1.165, 1.54) is 5.56 Å². The molecule has 0 amide bonds. The summed E-state index contributed by atoms with van der Waals surface area (Å²) in [6.07, 6.45) is 0.794. The summed E-state index contributed by atoms with van der Waals surface area (Å²) in [4.78, 5) is 12.0. The van der Waals surface area contributed by atoms with E-state index in [1.807, 2.05) is 60.7 Å². The van der Waals surface area contributed by atoms with Crippen molar-refractivity contribution in [2.24, 2.45) is 0 Å². The van der Waals surface area contributed by atoms with Crippen LogP contribution in [0.25, 0.3) is 0 Å². The van der Waals surface area contributed by atoms with Gasteiger partial charge in [-0.3, -0.25) is 0 Å². The van der Waals surface area contributed by atoms with Crippen LogP contribution in [0.5, 0.6) is 5.75 Å². The molecule has 110 valence electrons. The Balaban J connectivity index is 2.00. The van der Waals surface area contributed by atoms with E-state index in [0.29, 0.717) is 18.8 Å². The monoisotopic (exact) mass is 284 g/mol. The van der Waals surface area contributed by atoms with E-state index >= 15 is 0 Å². The third kappa shape index (κ3) is 4.95. The first-order chi connectivity index (χ1) is 10.3. The minimum Gasteiger partial charge on any atom is -0.479 e. The van der Waals surface area contributed by atoms with Crippen molar-refractivity contribution < 1.29 is 14.3 Å². The van der Waals surface area contributed by atoms with Crippen LogP contribution < -0.4 is 4.74 Å². The van der Waals surface area contributed by atoms with E-state index in [1.54, 1.807) is 6.92 Å². The first-order valence-electron chi connectivity index (χ1n) is 7.22. The third-order valence-electron chi connectivity index (χ3n) is 3.11. The highest BCUT2D eigenvalue weighted by atomic mass is 16.6. The van der Waals surface area contributed by atoms with Crippen molar-refractivity contribution in [3.63, 3.8) is 0 Å². The fraction of sp³-hybridized carbons (Fsp3) is 0.278. The van der Waals surface area contributed by atoms with Gasteiger partial charge in [-0.05, 0) is 37.5 Å². The van der Waals surface area contributed by atoms with Gasteiger partial charge in [-0.25, -0.2) is 4.79 Å². The number of esters is 1. The van der Waals surface area contributed by atoms with Crippen LogP contribution in [0.2, 0.25) is 0 Å². The first kappa shape index (κ1) is 15.1. The zero-order valence-electron chi connectivity index (χ0n) is 12.2. The molecule has 2 rings (SSSR count). The molecule has 0 saturated heterocycles. The number of hydrogen-bond acceptors (Lipinski definition) is 3. The van der Waals surface area contributed by atoms with E-state index in [-0.39, 0.29) is 5.97 Å². The van der Waals surface area contributed by atoms with E-state index in [9.17, 15) is 4.79 Å². The Morgan fingerprint density at radius 1 is 1.00 bits per heavy atom. The van der Waals surface area contributed by atoms with Gasteiger partial charge >= 0.3 is 5.97 Å². The van der Waals surface area contributed by atoms with Crippen molar-refractivity contribution in [2.75, 3.05) is 6.61 Å². The highest BCUT2D eigenvalue weighted by Gasteiger charge is 2.21. The van der Waals surface area contributed by atoms with E-state index in [4.69, 9.17) is 9.47 Å². The fourth-order valence-corrected chi connectivity index (χ4v) is 2.07. The van der Waals surface area contributed by atoms with Gasteiger partial charge in [0.2, 0.25) is 0 Å². The number of aryl methyl sites for hydroxylation is 1. The molecule has 0 saturated carbocycles. The van der Waals surface area contributed by atoms with Crippen molar-refractivity contribution in [3.05, 3.63) is 66.2 Å². The number of ether oxygens (including phenoxy) is 2. The lowest BCUT2D eigenvalue weighted by molar-refractivity contribution is -0.151. The van der Waals surface area contributed by atoms with Gasteiger partial charge in [0.05, 0.1) is 6.61 Å². The summed E-state index contributed by atoms with van der Waals surface area (Å²) in [5, 5.41) is 0. The molecule has 0 spiro atoms. The van der Waals surface area contributed by atoms with Crippen LogP contribution in [0.1, 0.15) is 18.9 Å². The topological polar surface area (TPSA) is 35.5 Å². The molecule has 2 aromatic rings. The molecule has 0 N–H and O–H groups in total. The number of hydrogen-bond donors (Lipinski definition) is 0. The molecule has 0 aromatic heterocycles. The van der Waals surface area contributed by atoms with Gasteiger partial charge in [-0.1, -0.05) is 48.5 Å². The smallest absolute Gasteiger partial charge is 0.347 e. The molecule has 0 aliphatic heterocycles. The highest BCUT2D eigenvalue weighted by molar-refractivity contribution is 5.75. The molecule has 21 heavy (non-hydrogen) atoms. The van der Waals surface area contributed by atoms with E-state index in [0.717, 1.165) is 6.42 Å². The summed E-state index contributed by atoms with van der Waals surface area (Å²) in [5.74, 6) is 0.376. The lowest BCUT2D eigenvalue weighted by Gasteiger charge is -2.17. The Hall–Kier alpha value is -2.29. The minimum absolute atomic E-state index is 0.308. The second-order valence-electron chi connectivity index (χ2n) is 4.70. The lowest BCUT2D eigenvalue weighted by atomic mass is 10.1. The number of carbonyl (C=O) groups excluding carboxylic acids is 1. The Kier molecular flexibility index (Phi) is 5.83. The second kappa shape index (κ2) is 8.10. The summed E-state index contributed by atoms with van der Waals surface area (Å²) in [5.41, 5.74) is 1.18. The summed E-state index contributed by atoms with van der Waals surface area (Å²) in [6, 6.07) is 19.4. The van der Waals surface area contributed by atoms with Crippen LogP contribution in [-0.4, -0.2) is 18.7 Å². The summed E-state index contributed by atoms with van der Waals surface area (Å²) in [6.45, 7) is 2.16. The normalized spacial score (nSPS) is 11.7. The summed E-state index contributed by atoms with van der Waals surface area (Å²) in [7, 11) is 0. The molecular formula is C18H20O3. The maximum Gasteiger partial charge on any atom is 0.347 e. The van der Waals surface area contributed by atoms with Crippen molar-refractivity contribution in [3.8, 4) is 5.75 Å². The van der Waals surface area contributed by atoms with Gasteiger partial charge < -0.3 is 9.47 Å². The molecule has 0 radical (unpaired) electrons. The Bertz CT molecular complexity index is 537. The predicted molar refractivity (Wildman–Crippen MR) is 82.3 cm³/mol. The van der Waals surface area contributed by atoms with Gasteiger partial charge in [0.15, 0.2) is 6.10 Å². The van der Waals surface area contributed by atoms with Crippen LogP contribution in [0.4, 0.5) is 0 Å². The number of rotatable bonds is 7. The van der Waals surface area contributed by atoms with Crippen molar-refractivity contribution >= 4 is 5.97 Å². The summed E-state index contributed by atoms with van der Waals surface area (Å²) >= 11 is 0. The quantitative estimate of drug-likeness (QED) is 0.728. The van der Waals surface area contributed by atoms with Crippen LogP contribution in [-0.2, 0) is 16.0 Å². The van der Waals surface area contributed by atoms with Crippen LogP contribution >= 0.6 is 0 Å². The number of benzene rings is 2. The van der Waals surface area contributed by atoms with E-state index in [2.05, 4.69) is 0 Å². The standard InChI is InChI=1S/C18H20O3/c1-2-20-18(19)17(21-16-11-7-4-8-12-16)14-13-15-9-5-3-6-10-15/h3-12,17H,2,13-14H2,1H3. The van der Waals surface area contributed by atoms with Gasteiger partial charge in [0.1, 0.15) is 5.75 Å². The van der Waals surface area contributed by atoms with Gasteiger partial charge in [0.25, 0.3) is 0 Å². The molecule has 0 aliphatic rings. The molecule has 0 heterocycles. The molecule has 0 bridgehead atoms. The average Bonchev–Trinajstić information content (AvgIpc) is 2.53. The largest absolute Gasteiger partial charge is 0.479 e. The average molecular weight is 284 g/mol. The zero-order chi connectivity index (χ0) is 14.9. The molecule has 0 aliphatic carbocycles. The molecule has 1 unspecified atom stereocenters. The van der Waals surface area contributed by atoms with Gasteiger partial charge in [-0.15, -0.1) is 0 Å². The van der Waals surface area contributed by atoms with E-state index < -0.39 is 6.10 Å². The van der Waals surface area contributed by atoms with Crippen LogP contribution in [0.3, 0.4) is 0 Å². The maximum absolute atomic E-state index is 12.0. The fourth-order valence-electron chi connectivity index (χ4n) is 2.07. The number of carbonyl (C=O) groups is 1. The second-order valence-corrected chi connectivity index (χ2v) is 4.70. The Labute approximate surface area is 125 Å². The molecular weight excluding hydrogens is 264 g/mol. The molecule has 1 atom stereocenters. The van der Waals surface area contributed by atoms with Crippen LogP contribution in [0.15, 0.2) is 60.7 Å². The molecule has 3 nitrogen and oxygen atoms in total. The van der Waals surface area contributed by atoms with Gasteiger partial charge in [0, 0.05) is 0 Å². The molecule has 0 fully saturated rings. The number of para-hydroxylation sites is 1.